The number of carbonyl (C=O) groups excluding carboxylic acids is 2. The number of halogens is 1. The third-order valence-electron chi connectivity index (χ3n) is 7.23. The molecule has 0 amide bonds. The van der Waals surface area contributed by atoms with Crippen LogP contribution in [0.1, 0.15) is 55.8 Å². The van der Waals surface area contributed by atoms with Gasteiger partial charge in [0.05, 0.1) is 42.6 Å². The second kappa shape index (κ2) is 10.8. The summed E-state index contributed by atoms with van der Waals surface area (Å²) in [6, 6.07) is 7.33. The number of nitrogens with one attached hydrogen (secondary N) is 1. The van der Waals surface area contributed by atoms with Gasteiger partial charge in [-0.05, 0) is 66.4 Å². The van der Waals surface area contributed by atoms with Crippen molar-refractivity contribution < 1.29 is 33.0 Å². The number of methoxy groups -OCH3 is 2. The first kappa shape index (κ1) is 25.6. The van der Waals surface area contributed by atoms with E-state index in [1.54, 1.807) is 26.5 Å². The summed E-state index contributed by atoms with van der Waals surface area (Å²) in [5, 5.41) is 3.36. The van der Waals surface area contributed by atoms with Crippen molar-refractivity contribution in [3.05, 3.63) is 68.9 Å². The number of esters is 1. The highest BCUT2D eigenvalue weighted by Gasteiger charge is 2.43. The molecule has 1 N–H and O–H groups in total. The van der Waals surface area contributed by atoms with E-state index in [2.05, 4.69) is 21.2 Å². The zero-order valence-corrected chi connectivity index (χ0v) is 22.7. The highest BCUT2D eigenvalue weighted by molar-refractivity contribution is 9.10. The third kappa shape index (κ3) is 4.94. The number of rotatable bonds is 7. The van der Waals surface area contributed by atoms with Gasteiger partial charge in [-0.25, -0.2) is 4.79 Å². The highest BCUT2D eigenvalue weighted by atomic mass is 79.9. The number of allylic oxidation sites excluding steroid dienone is 3. The second-order valence-corrected chi connectivity index (χ2v) is 10.3. The first-order chi connectivity index (χ1) is 17.9. The smallest absolute Gasteiger partial charge is 0.336 e. The predicted molar refractivity (Wildman–Crippen MR) is 138 cm³/mol. The number of furan rings is 1. The largest absolute Gasteiger partial charge is 0.496 e. The van der Waals surface area contributed by atoms with Crippen molar-refractivity contribution in [3.63, 3.8) is 0 Å². The van der Waals surface area contributed by atoms with Crippen LogP contribution in [0.4, 0.5) is 0 Å². The molecule has 1 saturated heterocycles. The number of carbonyl (C=O) groups is 2. The molecule has 3 heterocycles. The van der Waals surface area contributed by atoms with Gasteiger partial charge in [0.2, 0.25) is 0 Å². The van der Waals surface area contributed by atoms with Crippen molar-refractivity contribution in [1.29, 1.82) is 0 Å². The summed E-state index contributed by atoms with van der Waals surface area (Å²) in [7, 11) is 3.14. The van der Waals surface area contributed by atoms with Crippen LogP contribution in [0.25, 0.3) is 0 Å². The fourth-order valence-corrected chi connectivity index (χ4v) is 5.96. The van der Waals surface area contributed by atoms with Crippen molar-refractivity contribution >= 4 is 27.7 Å². The van der Waals surface area contributed by atoms with Gasteiger partial charge in [0.25, 0.3) is 0 Å². The van der Waals surface area contributed by atoms with Crippen LogP contribution in [0.2, 0.25) is 0 Å². The number of hydrogen-bond donors (Lipinski definition) is 1. The number of Topliss-reactive ketones (excluding diaryl/α,β-unsaturated/α-hetero) is 1. The van der Waals surface area contributed by atoms with E-state index in [0.29, 0.717) is 51.4 Å². The van der Waals surface area contributed by atoms with Crippen LogP contribution in [0, 0.1) is 0 Å². The van der Waals surface area contributed by atoms with Crippen LogP contribution < -0.4 is 14.8 Å². The molecule has 1 fully saturated rings. The molecular formula is C28H30BrNO7. The minimum Gasteiger partial charge on any atom is -0.496 e. The second-order valence-electron chi connectivity index (χ2n) is 9.49. The summed E-state index contributed by atoms with van der Waals surface area (Å²) in [4.78, 5) is 27.4. The molecule has 3 aliphatic rings. The molecule has 0 bridgehead atoms. The molecule has 5 rings (SSSR count). The maximum absolute atomic E-state index is 13.8. The zero-order chi connectivity index (χ0) is 26.1. The van der Waals surface area contributed by atoms with Gasteiger partial charge in [-0.2, -0.15) is 0 Å². The first-order valence-corrected chi connectivity index (χ1v) is 13.2. The Labute approximate surface area is 224 Å². The average Bonchev–Trinajstić information content (AvgIpc) is 3.61. The Balaban J connectivity index is 1.59. The Bertz CT molecular complexity index is 1260. The van der Waals surface area contributed by atoms with Gasteiger partial charge in [0, 0.05) is 41.5 Å². The number of benzene rings is 1. The van der Waals surface area contributed by atoms with Crippen LogP contribution in [0.5, 0.6) is 11.5 Å². The molecule has 1 aliphatic carbocycles. The van der Waals surface area contributed by atoms with Crippen molar-refractivity contribution in [2.45, 2.75) is 50.5 Å². The van der Waals surface area contributed by atoms with E-state index in [0.717, 1.165) is 24.3 Å². The molecule has 1 aromatic carbocycles. The van der Waals surface area contributed by atoms with Crippen LogP contribution in [-0.2, 0) is 19.1 Å². The number of ether oxygens (including phenoxy) is 4. The highest BCUT2D eigenvalue weighted by Crippen LogP contribution is 2.49. The van der Waals surface area contributed by atoms with Crippen LogP contribution in [0.3, 0.4) is 0 Å². The molecular weight excluding hydrogens is 542 g/mol. The van der Waals surface area contributed by atoms with Crippen LogP contribution in [0.15, 0.2) is 62.0 Å². The van der Waals surface area contributed by atoms with E-state index < -0.39 is 11.9 Å². The van der Waals surface area contributed by atoms with Gasteiger partial charge in [0.15, 0.2) is 5.78 Å². The lowest BCUT2D eigenvalue weighted by molar-refractivity contribution is -0.142. The summed E-state index contributed by atoms with van der Waals surface area (Å²) in [6.45, 7) is 2.68. The summed E-state index contributed by atoms with van der Waals surface area (Å²) in [5.41, 5.74) is 2.99. The minimum atomic E-state index is -0.685. The molecule has 3 atom stereocenters. The SMILES string of the molecule is COc1cc([C@H]2C(C(=O)OC[C@@H]3CCCO3)=C(C)NC3=C2C(=O)C[C@H](c2ccco2)C3)c(OC)cc1Br. The molecule has 0 radical (unpaired) electrons. The molecule has 0 saturated carbocycles. The Morgan fingerprint density at radius 2 is 2.00 bits per heavy atom. The molecule has 9 heteroatoms. The Morgan fingerprint density at radius 1 is 1.19 bits per heavy atom. The standard InChI is InChI=1S/C28H30BrNO7/c1-15-25(28(32)37-14-17-6-4-8-35-17)26(18-12-24(34-3)19(29)13-23(18)33-2)27-20(30-15)10-16(11-21(27)31)22-7-5-9-36-22/h5,7,9,12-13,16-17,26,30H,4,6,8,10-11,14H2,1-3H3/t16-,17+,26+/m1/s1. The lowest BCUT2D eigenvalue weighted by atomic mass is 9.72. The van der Waals surface area contributed by atoms with Crippen LogP contribution in [-0.4, -0.2) is 45.3 Å². The van der Waals surface area contributed by atoms with Gasteiger partial charge in [-0.3, -0.25) is 4.79 Å². The first-order valence-electron chi connectivity index (χ1n) is 12.4. The fourth-order valence-electron chi connectivity index (χ4n) is 5.48. The monoisotopic (exact) mass is 571 g/mol. The molecule has 8 nitrogen and oxygen atoms in total. The quantitative estimate of drug-likeness (QED) is 0.456. The van der Waals surface area contributed by atoms with E-state index in [1.165, 1.54) is 0 Å². The van der Waals surface area contributed by atoms with Crippen molar-refractivity contribution in [2.24, 2.45) is 0 Å². The van der Waals surface area contributed by atoms with Gasteiger partial charge in [-0.15, -0.1) is 0 Å². The summed E-state index contributed by atoms with van der Waals surface area (Å²) < 4.78 is 29.0. The van der Waals surface area contributed by atoms with E-state index >= 15 is 0 Å². The van der Waals surface area contributed by atoms with E-state index in [1.807, 2.05) is 25.1 Å². The summed E-state index contributed by atoms with van der Waals surface area (Å²) >= 11 is 3.51. The van der Waals surface area contributed by atoms with Gasteiger partial charge in [-0.1, -0.05) is 0 Å². The Morgan fingerprint density at radius 3 is 2.68 bits per heavy atom. The number of hydrogen-bond acceptors (Lipinski definition) is 8. The molecule has 37 heavy (non-hydrogen) atoms. The Kier molecular flexibility index (Phi) is 7.44. The van der Waals surface area contributed by atoms with Crippen molar-refractivity contribution in [3.8, 4) is 11.5 Å². The molecule has 2 aromatic rings. The number of ketones is 1. The molecule has 0 spiro atoms. The van der Waals surface area contributed by atoms with E-state index in [9.17, 15) is 9.59 Å². The number of dihydropyridines is 1. The van der Waals surface area contributed by atoms with Crippen LogP contribution >= 0.6 is 15.9 Å². The van der Waals surface area contributed by atoms with E-state index in [4.69, 9.17) is 23.4 Å². The lowest BCUT2D eigenvalue weighted by Gasteiger charge is -2.36. The van der Waals surface area contributed by atoms with E-state index in [-0.39, 0.29) is 30.8 Å². The van der Waals surface area contributed by atoms with Gasteiger partial charge >= 0.3 is 5.97 Å². The minimum absolute atomic E-state index is 0.0546. The normalized spacial score (nSPS) is 23.6. The molecule has 0 unspecified atom stereocenters. The molecule has 2 aliphatic heterocycles. The zero-order valence-electron chi connectivity index (χ0n) is 21.1. The summed E-state index contributed by atoms with van der Waals surface area (Å²) in [5.74, 6) is 0.557. The van der Waals surface area contributed by atoms with Gasteiger partial charge < -0.3 is 28.7 Å². The average molecular weight is 572 g/mol. The van der Waals surface area contributed by atoms with Gasteiger partial charge in [0.1, 0.15) is 23.9 Å². The molecule has 196 valence electrons. The van der Waals surface area contributed by atoms with Crippen molar-refractivity contribution in [2.75, 3.05) is 27.4 Å². The Hall–Kier alpha value is -3.04. The predicted octanol–water partition coefficient (Wildman–Crippen LogP) is 5.14. The topological polar surface area (TPSA) is 96.2 Å². The van der Waals surface area contributed by atoms with Crippen molar-refractivity contribution in [1.82, 2.24) is 5.32 Å². The maximum Gasteiger partial charge on any atom is 0.336 e. The maximum atomic E-state index is 13.8. The third-order valence-corrected chi connectivity index (χ3v) is 7.85. The fraction of sp³-hybridized carbons (Fsp3) is 0.429. The summed E-state index contributed by atoms with van der Waals surface area (Å²) in [6.07, 6.45) is 4.17. The lowest BCUT2D eigenvalue weighted by Crippen LogP contribution is -2.36. The molecule has 1 aromatic heterocycles.